The molecule has 3 aromatic heterocycles. The number of hydrogen-bond acceptors (Lipinski definition) is 6. The van der Waals surface area contributed by atoms with Crippen LogP contribution in [0.4, 0.5) is 21.2 Å². The molecule has 2 fully saturated rings. The number of aryl methyl sites for hydroxylation is 1. The fourth-order valence-corrected chi connectivity index (χ4v) is 5.85. The molecule has 0 unspecified atom stereocenters. The predicted molar refractivity (Wildman–Crippen MR) is 135 cm³/mol. The van der Waals surface area contributed by atoms with E-state index >= 15 is 0 Å². The summed E-state index contributed by atoms with van der Waals surface area (Å²) >= 11 is 1.58. The number of benzene rings is 1. The molecule has 0 aliphatic carbocycles. The zero-order chi connectivity index (χ0) is 24.0. The molecule has 0 bridgehead atoms. The molecule has 2 aliphatic heterocycles. The summed E-state index contributed by atoms with van der Waals surface area (Å²) in [5, 5.41) is 2.90. The van der Waals surface area contributed by atoms with Crippen molar-refractivity contribution in [1.82, 2.24) is 9.38 Å². The van der Waals surface area contributed by atoms with E-state index in [9.17, 15) is 4.39 Å². The predicted octanol–water partition coefficient (Wildman–Crippen LogP) is 4.62. The van der Waals surface area contributed by atoms with Crippen LogP contribution in [0.2, 0.25) is 0 Å². The van der Waals surface area contributed by atoms with E-state index < -0.39 is 0 Å². The molecule has 0 radical (unpaired) electrons. The van der Waals surface area contributed by atoms with Crippen LogP contribution in [0, 0.1) is 5.82 Å². The largest absolute Gasteiger partial charge is 0.371 e. The van der Waals surface area contributed by atoms with Crippen LogP contribution in [0.15, 0.2) is 54.2 Å². The van der Waals surface area contributed by atoms with Gasteiger partial charge in [0.05, 0.1) is 44.4 Å². The normalized spacial score (nSPS) is 17.5. The standard InChI is InChI=1S/C26H29FN5O2S/c1-3-30-16-22-9-8-21(31-12-10-26(11-13-31)33-14-15-34-26)17-32(22)25(30)29(2)24-28-23(18-35-24)19-4-6-20(27)7-5-19/h4-9,16-18H,3,10-15H2,1-2H3/q+1. The highest BCUT2D eigenvalue weighted by Crippen LogP contribution is 2.34. The second-order valence-electron chi connectivity index (χ2n) is 9.07. The SMILES string of the molecule is CC[n+]1cc2ccc(N3CCC4(CC3)OCCO4)cn2c1N(C)c1nc(-c2ccc(F)cc2)cs1. The lowest BCUT2D eigenvalue weighted by atomic mass is 10.0. The molecule has 35 heavy (non-hydrogen) atoms. The molecule has 1 spiro atoms. The van der Waals surface area contributed by atoms with E-state index in [0.717, 1.165) is 60.3 Å². The molecule has 9 heteroatoms. The quantitative estimate of drug-likeness (QED) is 0.379. The number of pyridine rings is 1. The summed E-state index contributed by atoms with van der Waals surface area (Å²) in [5.41, 5.74) is 4.07. The van der Waals surface area contributed by atoms with Crippen molar-refractivity contribution >= 4 is 33.6 Å². The van der Waals surface area contributed by atoms with E-state index in [-0.39, 0.29) is 11.6 Å². The van der Waals surface area contributed by atoms with Crippen molar-refractivity contribution in [2.24, 2.45) is 0 Å². The minimum Gasteiger partial charge on any atom is -0.369 e. The van der Waals surface area contributed by atoms with E-state index in [1.165, 1.54) is 17.8 Å². The molecule has 0 amide bonds. The minimum absolute atomic E-state index is 0.243. The minimum atomic E-state index is -0.377. The number of piperidine rings is 1. The average molecular weight is 495 g/mol. The van der Waals surface area contributed by atoms with Gasteiger partial charge in [0.1, 0.15) is 17.5 Å². The second-order valence-corrected chi connectivity index (χ2v) is 9.91. The van der Waals surface area contributed by atoms with E-state index in [2.05, 4.69) is 50.2 Å². The second kappa shape index (κ2) is 8.89. The third kappa shape index (κ3) is 4.07. The monoisotopic (exact) mass is 494 g/mol. The number of thiazole rings is 1. The Hall–Kier alpha value is -3.01. The lowest BCUT2D eigenvalue weighted by molar-refractivity contribution is -0.679. The van der Waals surface area contributed by atoms with E-state index in [4.69, 9.17) is 14.5 Å². The zero-order valence-corrected chi connectivity index (χ0v) is 20.8. The third-order valence-corrected chi connectivity index (χ3v) is 7.91. The van der Waals surface area contributed by atoms with Crippen molar-refractivity contribution in [2.75, 3.05) is 43.2 Å². The van der Waals surface area contributed by atoms with E-state index in [1.807, 2.05) is 12.4 Å². The van der Waals surface area contributed by atoms with Crippen LogP contribution in [0.25, 0.3) is 16.8 Å². The number of hydrogen-bond donors (Lipinski definition) is 0. The first kappa shape index (κ1) is 22.5. The molecule has 2 aliphatic rings. The number of imidazole rings is 1. The highest BCUT2D eigenvalue weighted by atomic mass is 32.1. The van der Waals surface area contributed by atoms with Crippen LogP contribution in [-0.4, -0.2) is 48.5 Å². The molecule has 0 N–H and O–H groups in total. The van der Waals surface area contributed by atoms with Crippen LogP contribution in [0.3, 0.4) is 0 Å². The van der Waals surface area contributed by atoms with Gasteiger partial charge < -0.3 is 14.4 Å². The van der Waals surface area contributed by atoms with Gasteiger partial charge in [0.25, 0.3) is 5.13 Å². The lowest BCUT2D eigenvalue weighted by Crippen LogP contribution is -2.45. The number of fused-ring (bicyclic) bond motifs is 1. The molecule has 5 heterocycles. The Bertz CT molecular complexity index is 1340. The number of anilines is 3. The van der Waals surface area contributed by atoms with Gasteiger partial charge in [0.2, 0.25) is 0 Å². The van der Waals surface area contributed by atoms with Gasteiger partial charge >= 0.3 is 5.95 Å². The maximum Gasteiger partial charge on any atom is 0.371 e. The molecule has 182 valence electrons. The molecule has 2 saturated heterocycles. The molecule has 0 atom stereocenters. The fourth-order valence-electron chi connectivity index (χ4n) is 5.06. The lowest BCUT2D eigenvalue weighted by Gasteiger charge is -2.38. The van der Waals surface area contributed by atoms with Gasteiger partial charge in [-0.3, -0.25) is 0 Å². The number of halogens is 1. The smallest absolute Gasteiger partial charge is 0.369 e. The summed E-state index contributed by atoms with van der Waals surface area (Å²) in [5.74, 6) is 0.422. The topological polar surface area (TPSA) is 46.1 Å². The Morgan fingerprint density at radius 2 is 1.86 bits per heavy atom. The van der Waals surface area contributed by atoms with Gasteiger partial charge in [-0.15, -0.1) is 0 Å². The molecule has 4 aromatic rings. The number of ether oxygens (including phenoxy) is 2. The highest BCUT2D eigenvalue weighted by Gasteiger charge is 2.40. The van der Waals surface area contributed by atoms with Crippen molar-refractivity contribution in [3.05, 3.63) is 60.0 Å². The first-order chi connectivity index (χ1) is 17.0. The zero-order valence-electron chi connectivity index (χ0n) is 20.0. The summed E-state index contributed by atoms with van der Waals surface area (Å²) in [6, 6.07) is 10.9. The molecular formula is C26H29FN5O2S+. The Kier molecular flexibility index (Phi) is 5.70. The average Bonchev–Trinajstić information content (AvgIpc) is 3.63. The van der Waals surface area contributed by atoms with Crippen LogP contribution in [0.5, 0.6) is 0 Å². The Morgan fingerprint density at radius 1 is 1.11 bits per heavy atom. The molecule has 7 nitrogen and oxygen atoms in total. The van der Waals surface area contributed by atoms with Crippen LogP contribution < -0.4 is 14.4 Å². The van der Waals surface area contributed by atoms with E-state index in [1.54, 1.807) is 23.5 Å². The summed E-state index contributed by atoms with van der Waals surface area (Å²) in [4.78, 5) is 9.40. The van der Waals surface area contributed by atoms with E-state index in [0.29, 0.717) is 13.2 Å². The highest BCUT2D eigenvalue weighted by molar-refractivity contribution is 7.14. The van der Waals surface area contributed by atoms with Gasteiger partial charge in [-0.1, -0.05) is 11.3 Å². The summed E-state index contributed by atoms with van der Waals surface area (Å²) in [7, 11) is 2.05. The Balaban J connectivity index is 1.31. The summed E-state index contributed by atoms with van der Waals surface area (Å²) < 4.78 is 29.6. The first-order valence-electron chi connectivity index (χ1n) is 12.1. The van der Waals surface area contributed by atoms with Crippen LogP contribution in [0.1, 0.15) is 19.8 Å². The van der Waals surface area contributed by atoms with Crippen molar-refractivity contribution in [3.63, 3.8) is 0 Å². The molecular weight excluding hydrogens is 465 g/mol. The van der Waals surface area contributed by atoms with Crippen molar-refractivity contribution < 1.29 is 18.4 Å². The Morgan fingerprint density at radius 3 is 2.57 bits per heavy atom. The summed E-state index contributed by atoms with van der Waals surface area (Å²) in [6.45, 7) is 6.19. The van der Waals surface area contributed by atoms with Gasteiger partial charge in [0.15, 0.2) is 5.79 Å². The first-order valence-corrected chi connectivity index (χ1v) is 13.0. The maximum absolute atomic E-state index is 13.4. The fraction of sp³-hybridized carbons (Fsp3) is 0.385. The van der Waals surface area contributed by atoms with Crippen molar-refractivity contribution in [3.8, 4) is 11.3 Å². The van der Waals surface area contributed by atoms with Crippen molar-refractivity contribution in [2.45, 2.75) is 32.1 Å². The van der Waals surface area contributed by atoms with Gasteiger partial charge in [-0.2, -0.15) is 4.40 Å². The third-order valence-electron chi connectivity index (χ3n) is 6.99. The molecule has 0 saturated carbocycles. The van der Waals surface area contributed by atoms with Crippen LogP contribution in [-0.2, 0) is 16.0 Å². The number of aromatic nitrogens is 3. The number of nitrogens with zero attached hydrogens (tertiary/aromatic N) is 5. The van der Waals surface area contributed by atoms with Gasteiger partial charge in [-0.05, 0) is 43.3 Å². The number of rotatable bonds is 5. The van der Waals surface area contributed by atoms with Gasteiger partial charge in [-0.25, -0.2) is 18.8 Å². The molecule has 6 rings (SSSR count). The van der Waals surface area contributed by atoms with Crippen LogP contribution >= 0.6 is 11.3 Å². The van der Waals surface area contributed by atoms with Crippen molar-refractivity contribution in [1.29, 1.82) is 0 Å². The summed E-state index contributed by atoms with van der Waals surface area (Å²) in [6.07, 6.45) is 6.15. The molecule has 1 aromatic carbocycles. The maximum atomic E-state index is 13.4. The Labute approximate surface area is 208 Å². The van der Waals surface area contributed by atoms with Gasteiger partial charge in [0, 0.05) is 36.9 Å².